The number of nitrogens with one attached hydrogen (secondary N) is 1. The third-order valence-electron chi connectivity index (χ3n) is 5.00. The molecule has 0 aromatic heterocycles. The first-order valence-corrected chi connectivity index (χ1v) is 17.0. The molecule has 4 nitrogen and oxygen atoms in total. The third kappa shape index (κ3) is 6.21. The number of anilines is 1. The Bertz CT molecular complexity index is 1040. The number of allylic oxidation sites excluding steroid dienone is 1. The maximum absolute atomic E-state index is 14.6. The highest BCUT2D eigenvalue weighted by atomic mass is 28.3. The van der Waals surface area contributed by atoms with Crippen LogP contribution in [0.5, 0.6) is 0 Å². The molecule has 0 fully saturated rings. The molecule has 2 rings (SSSR count). The van der Waals surface area contributed by atoms with Crippen molar-refractivity contribution in [1.29, 1.82) is 0 Å². The van der Waals surface area contributed by atoms with Crippen LogP contribution in [0.2, 0.25) is 39.3 Å². The van der Waals surface area contributed by atoms with Gasteiger partial charge in [0.2, 0.25) is 0 Å². The first kappa shape index (κ1) is 24.7. The molecule has 0 radical (unpaired) electrons. The second kappa shape index (κ2) is 8.88. The summed E-state index contributed by atoms with van der Waals surface area (Å²) < 4.78 is 29.1. The Morgan fingerprint density at radius 3 is 1.84 bits per heavy atom. The van der Waals surface area contributed by atoms with E-state index in [1.807, 2.05) is 12.1 Å². The number of rotatable bonds is 6. The van der Waals surface area contributed by atoms with Crippen LogP contribution in [0.1, 0.15) is 22.8 Å². The van der Waals surface area contributed by atoms with Crippen molar-refractivity contribution in [3.05, 3.63) is 59.2 Å². The van der Waals surface area contributed by atoms with Crippen LogP contribution in [0, 0.1) is 11.6 Å². The topological polar surface area (TPSA) is 66.4 Å². The van der Waals surface area contributed by atoms with E-state index in [4.69, 9.17) is 5.11 Å². The van der Waals surface area contributed by atoms with E-state index >= 15 is 0 Å². The van der Waals surface area contributed by atoms with E-state index in [-0.39, 0.29) is 16.8 Å². The molecule has 2 aromatic carbocycles. The standard InChI is InChI=1S/C23H29F2NO3Si2/c1-14(8-22(27)28)18-12-20(25)21(13-19(18)24)26-23(29)15-9-16(30(2,3)4)11-17(10-15)31(5,6)7/h8-13H,1-7H3,(H,26,29)(H,27,28)/b14-8-. The fourth-order valence-corrected chi connectivity index (χ4v) is 5.53. The van der Waals surface area contributed by atoms with Gasteiger partial charge in [-0.05, 0) is 18.6 Å². The number of carboxylic acids is 1. The minimum absolute atomic E-state index is 0.0735. The zero-order valence-corrected chi connectivity index (χ0v) is 21.0. The summed E-state index contributed by atoms with van der Waals surface area (Å²) in [5, 5.41) is 13.6. The Hall–Kier alpha value is -2.59. The molecule has 8 heteroatoms. The summed E-state index contributed by atoms with van der Waals surface area (Å²) in [6, 6.07) is 7.64. The van der Waals surface area contributed by atoms with Crippen LogP contribution in [0.25, 0.3) is 5.57 Å². The second-order valence-corrected chi connectivity index (χ2v) is 19.9. The zero-order valence-electron chi connectivity index (χ0n) is 19.0. The van der Waals surface area contributed by atoms with E-state index < -0.39 is 39.7 Å². The summed E-state index contributed by atoms with van der Waals surface area (Å²) in [7, 11) is -3.42. The Balaban J connectivity index is 2.46. The van der Waals surface area contributed by atoms with Crippen LogP contribution < -0.4 is 15.7 Å². The SMILES string of the molecule is C/C(=C/C(=O)O)c1cc(F)c(NC(=O)c2cc([Si](C)(C)C)cc([Si](C)(C)C)c2)cc1F. The number of carbonyl (C=O) groups excluding carboxylic acids is 1. The molecule has 0 bridgehead atoms. The van der Waals surface area contributed by atoms with Gasteiger partial charge in [0, 0.05) is 23.3 Å². The van der Waals surface area contributed by atoms with Crippen molar-refractivity contribution in [2.75, 3.05) is 5.32 Å². The van der Waals surface area contributed by atoms with Crippen LogP contribution >= 0.6 is 0 Å². The molecule has 0 spiro atoms. The number of hydrogen-bond donors (Lipinski definition) is 2. The first-order valence-electron chi connectivity index (χ1n) is 9.97. The molecule has 0 heterocycles. The van der Waals surface area contributed by atoms with Crippen molar-refractivity contribution < 1.29 is 23.5 Å². The highest BCUT2D eigenvalue weighted by molar-refractivity contribution is 6.91. The quantitative estimate of drug-likeness (QED) is 0.480. The number of amides is 1. The fourth-order valence-electron chi connectivity index (χ4n) is 3.03. The summed E-state index contributed by atoms with van der Waals surface area (Å²) in [4.78, 5) is 23.7. The molecule has 1 amide bonds. The molecular formula is C23H29F2NO3Si2. The Kier molecular flexibility index (Phi) is 7.07. The van der Waals surface area contributed by atoms with Gasteiger partial charge in [0.25, 0.3) is 5.91 Å². The summed E-state index contributed by atoms with van der Waals surface area (Å²) in [6.07, 6.45) is 0.801. The smallest absolute Gasteiger partial charge is 0.328 e. The van der Waals surface area contributed by atoms with E-state index in [1.54, 1.807) is 0 Å². The number of carbonyl (C=O) groups is 2. The maximum Gasteiger partial charge on any atom is 0.328 e. The fraction of sp³-hybridized carbons (Fsp3) is 0.304. The van der Waals surface area contributed by atoms with Crippen molar-refractivity contribution in [3.8, 4) is 0 Å². The average molecular weight is 462 g/mol. The van der Waals surface area contributed by atoms with Gasteiger partial charge in [0.15, 0.2) is 0 Å². The largest absolute Gasteiger partial charge is 0.478 e. The number of benzene rings is 2. The van der Waals surface area contributed by atoms with Gasteiger partial charge in [-0.15, -0.1) is 0 Å². The molecule has 0 aliphatic rings. The molecule has 0 saturated carbocycles. The number of hydrogen-bond acceptors (Lipinski definition) is 2. The maximum atomic E-state index is 14.6. The molecule has 31 heavy (non-hydrogen) atoms. The average Bonchev–Trinajstić information content (AvgIpc) is 2.61. The van der Waals surface area contributed by atoms with Crippen LogP contribution in [-0.4, -0.2) is 33.1 Å². The molecule has 2 N–H and O–H groups in total. The van der Waals surface area contributed by atoms with Gasteiger partial charge < -0.3 is 10.4 Å². The Morgan fingerprint density at radius 2 is 1.39 bits per heavy atom. The van der Waals surface area contributed by atoms with Gasteiger partial charge >= 0.3 is 5.97 Å². The minimum atomic E-state index is -1.71. The number of carboxylic acid groups (broad SMARTS) is 1. The summed E-state index contributed by atoms with van der Waals surface area (Å²) in [5.41, 5.74) is 0.0366. The molecule has 166 valence electrons. The molecule has 0 saturated heterocycles. The van der Waals surface area contributed by atoms with E-state index in [0.29, 0.717) is 5.56 Å². The number of aliphatic carboxylic acids is 1. The van der Waals surface area contributed by atoms with Crippen molar-refractivity contribution >= 4 is 49.7 Å². The Morgan fingerprint density at radius 1 is 0.871 bits per heavy atom. The predicted octanol–water partition coefficient (Wildman–Crippen LogP) is 4.80. The summed E-state index contributed by atoms with van der Waals surface area (Å²) >= 11 is 0. The molecule has 0 aliphatic heterocycles. The van der Waals surface area contributed by atoms with Crippen molar-refractivity contribution in [3.63, 3.8) is 0 Å². The van der Waals surface area contributed by atoms with Gasteiger partial charge in [-0.1, -0.05) is 67.9 Å². The molecule has 0 atom stereocenters. The van der Waals surface area contributed by atoms with E-state index in [0.717, 1.165) is 28.6 Å². The van der Waals surface area contributed by atoms with Gasteiger partial charge in [-0.25, -0.2) is 13.6 Å². The lowest BCUT2D eigenvalue weighted by molar-refractivity contribution is -0.131. The monoisotopic (exact) mass is 461 g/mol. The highest BCUT2D eigenvalue weighted by Gasteiger charge is 2.25. The molecular weight excluding hydrogens is 432 g/mol. The van der Waals surface area contributed by atoms with Gasteiger partial charge in [-0.2, -0.15) is 0 Å². The number of halogens is 2. The highest BCUT2D eigenvalue weighted by Crippen LogP contribution is 2.25. The second-order valence-electron chi connectivity index (χ2n) is 9.73. The molecule has 0 aliphatic carbocycles. The molecule has 2 aromatic rings. The third-order valence-corrected chi connectivity index (χ3v) is 9.04. The van der Waals surface area contributed by atoms with Crippen molar-refractivity contribution in [2.24, 2.45) is 0 Å². The first-order chi connectivity index (χ1) is 14.1. The normalized spacial score (nSPS) is 12.6. The lowest BCUT2D eigenvalue weighted by Crippen LogP contribution is -2.46. The lowest BCUT2D eigenvalue weighted by atomic mass is 10.1. The van der Waals surface area contributed by atoms with Crippen LogP contribution in [0.3, 0.4) is 0 Å². The van der Waals surface area contributed by atoms with E-state index in [9.17, 15) is 18.4 Å². The summed E-state index contributed by atoms with van der Waals surface area (Å²) in [6.45, 7) is 14.5. The van der Waals surface area contributed by atoms with E-state index in [1.165, 1.54) is 6.92 Å². The zero-order chi connectivity index (χ0) is 23.7. The Labute approximate surface area is 184 Å². The summed E-state index contributed by atoms with van der Waals surface area (Å²) in [5.74, 6) is -3.42. The van der Waals surface area contributed by atoms with Crippen molar-refractivity contribution in [1.82, 2.24) is 0 Å². The minimum Gasteiger partial charge on any atom is -0.478 e. The molecule has 0 unspecified atom stereocenters. The lowest BCUT2D eigenvalue weighted by Gasteiger charge is -2.24. The van der Waals surface area contributed by atoms with E-state index in [2.05, 4.69) is 50.7 Å². The van der Waals surface area contributed by atoms with Crippen LogP contribution in [0.15, 0.2) is 36.4 Å². The van der Waals surface area contributed by atoms with Crippen LogP contribution in [0.4, 0.5) is 14.5 Å². The van der Waals surface area contributed by atoms with Crippen molar-refractivity contribution in [2.45, 2.75) is 46.2 Å². The van der Waals surface area contributed by atoms with Gasteiger partial charge in [0.1, 0.15) is 11.6 Å². The van der Waals surface area contributed by atoms with Gasteiger partial charge in [0.05, 0.1) is 21.8 Å². The van der Waals surface area contributed by atoms with Crippen LogP contribution in [-0.2, 0) is 4.79 Å². The predicted molar refractivity (Wildman–Crippen MR) is 128 cm³/mol. The van der Waals surface area contributed by atoms with Gasteiger partial charge in [-0.3, -0.25) is 4.79 Å².